The lowest BCUT2D eigenvalue weighted by Gasteiger charge is -2.11. The van der Waals surface area contributed by atoms with Gasteiger partial charge in [0.05, 0.1) is 32.5 Å². The van der Waals surface area contributed by atoms with Crippen LogP contribution in [0.2, 0.25) is 5.02 Å². The van der Waals surface area contributed by atoms with E-state index >= 15 is 0 Å². The normalized spacial score (nSPS) is 10.2. The van der Waals surface area contributed by atoms with Gasteiger partial charge >= 0.3 is 5.97 Å². The van der Waals surface area contributed by atoms with Crippen molar-refractivity contribution in [3.05, 3.63) is 29.0 Å². The predicted octanol–water partition coefficient (Wildman–Crippen LogP) is 1.72. The molecule has 20 heavy (non-hydrogen) atoms. The second-order valence-electron chi connectivity index (χ2n) is 3.70. The van der Waals surface area contributed by atoms with Crippen LogP contribution in [-0.2, 0) is 4.74 Å². The Morgan fingerprint density at radius 3 is 2.50 bits per heavy atom. The number of carbonyl (C=O) groups excluding carboxylic acids is 1. The molecule has 0 saturated carbocycles. The van der Waals surface area contributed by atoms with E-state index in [9.17, 15) is 4.79 Å². The van der Waals surface area contributed by atoms with E-state index in [1.807, 2.05) is 0 Å². The monoisotopic (exact) mass is 297 g/mol. The Kier molecular flexibility index (Phi) is 4.09. The van der Waals surface area contributed by atoms with Crippen LogP contribution in [0.1, 0.15) is 10.5 Å². The third-order valence-electron chi connectivity index (χ3n) is 2.59. The maximum Gasteiger partial charge on any atom is 0.360 e. The lowest BCUT2D eigenvalue weighted by atomic mass is 10.2. The number of nitrogens with zero attached hydrogens (tertiary/aromatic N) is 3. The van der Waals surface area contributed by atoms with Crippen molar-refractivity contribution in [2.45, 2.75) is 0 Å². The summed E-state index contributed by atoms with van der Waals surface area (Å²) in [6, 6.07) is 3.23. The average molecular weight is 298 g/mol. The molecule has 0 radical (unpaired) electrons. The molecular weight excluding hydrogens is 286 g/mol. The molecule has 8 heteroatoms. The Labute approximate surface area is 120 Å². The van der Waals surface area contributed by atoms with E-state index in [0.717, 1.165) is 0 Å². The van der Waals surface area contributed by atoms with E-state index in [0.29, 0.717) is 22.2 Å². The van der Waals surface area contributed by atoms with Crippen molar-refractivity contribution in [1.29, 1.82) is 0 Å². The number of ether oxygens (including phenoxy) is 3. The first-order valence-corrected chi connectivity index (χ1v) is 5.91. The fourth-order valence-electron chi connectivity index (χ4n) is 1.60. The molecule has 2 rings (SSSR count). The fraction of sp³-hybridized carbons (Fsp3) is 0.250. The van der Waals surface area contributed by atoms with E-state index in [1.165, 1.54) is 32.2 Å². The third-order valence-corrected chi connectivity index (χ3v) is 2.88. The van der Waals surface area contributed by atoms with Crippen molar-refractivity contribution < 1.29 is 19.0 Å². The van der Waals surface area contributed by atoms with Gasteiger partial charge in [0.2, 0.25) is 0 Å². The number of hydrogen-bond donors (Lipinski definition) is 0. The number of halogens is 1. The van der Waals surface area contributed by atoms with Crippen molar-refractivity contribution in [1.82, 2.24) is 15.0 Å². The molecule has 0 N–H and O–H groups in total. The van der Waals surface area contributed by atoms with Crippen LogP contribution in [-0.4, -0.2) is 42.3 Å². The SMILES string of the molecule is COC(=O)c1cn(-c2cc(Cl)c(OC)cc2OC)nn1. The van der Waals surface area contributed by atoms with Crippen LogP contribution in [0.5, 0.6) is 11.5 Å². The van der Waals surface area contributed by atoms with Crippen LogP contribution in [0.15, 0.2) is 18.3 Å². The summed E-state index contributed by atoms with van der Waals surface area (Å²) in [5, 5.41) is 7.95. The van der Waals surface area contributed by atoms with E-state index in [-0.39, 0.29) is 5.69 Å². The molecule has 0 aliphatic rings. The largest absolute Gasteiger partial charge is 0.495 e. The van der Waals surface area contributed by atoms with Gasteiger partial charge < -0.3 is 14.2 Å². The topological polar surface area (TPSA) is 75.5 Å². The van der Waals surface area contributed by atoms with E-state index < -0.39 is 5.97 Å². The lowest BCUT2D eigenvalue weighted by Crippen LogP contribution is -2.01. The van der Waals surface area contributed by atoms with Gasteiger partial charge in [-0.3, -0.25) is 0 Å². The van der Waals surface area contributed by atoms with Crippen molar-refractivity contribution >= 4 is 17.6 Å². The standard InChI is InChI=1S/C12H12ClN3O4/c1-18-10-5-11(19-2)9(4-7(10)13)16-6-8(14-15-16)12(17)20-3/h4-6H,1-3H3. The summed E-state index contributed by atoms with van der Waals surface area (Å²) < 4.78 is 16.3. The summed E-state index contributed by atoms with van der Waals surface area (Å²) in [6.07, 6.45) is 1.42. The first kappa shape index (κ1) is 14.1. The number of esters is 1. The fourth-order valence-corrected chi connectivity index (χ4v) is 1.84. The molecule has 0 aliphatic heterocycles. The molecule has 106 valence electrons. The molecule has 1 heterocycles. The highest BCUT2D eigenvalue weighted by Gasteiger charge is 2.16. The maximum absolute atomic E-state index is 11.4. The van der Waals surface area contributed by atoms with Crippen LogP contribution in [0.25, 0.3) is 5.69 Å². The van der Waals surface area contributed by atoms with Gasteiger partial charge in [-0.2, -0.15) is 0 Å². The van der Waals surface area contributed by atoms with Crippen molar-refractivity contribution in [3.63, 3.8) is 0 Å². The molecule has 0 saturated heterocycles. The summed E-state index contributed by atoms with van der Waals surface area (Å²) in [5.41, 5.74) is 0.613. The van der Waals surface area contributed by atoms with Gasteiger partial charge in [-0.25, -0.2) is 9.48 Å². The van der Waals surface area contributed by atoms with Crippen LogP contribution < -0.4 is 9.47 Å². The predicted molar refractivity (Wildman–Crippen MR) is 70.8 cm³/mol. The average Bonchev–Trinajstić information content (AvgIpc) is 2.95. The molecule has 0 fully saturated rings. The van der Waals surface area contributed by atoms with E-state index in [1.54, 1.807) is 12.1 Å². The van der Waals surface area contributed by atoms with Gasteiger partial charge in [-0.1, -0.05) is 16.8 Å². The molecule has 7 nitrogen and oxygen atoms in total. The van der Waals surface area contributed by atoms with Crippen LogP contribution in [0.3, 0.4) is 0 Å². The second-order valence-corrected chi connectivity index (χ2v) is 4.11. The molecule has 0 atom stereocenters. The minimum atomic E-state index is -0.574. The summed E-state index contributed by atoms with van der Waals surface area (Å²) in [7, 11) is 4.28. The minimum absolute atomic E-state index is 0.0847. The Morgan fingerprint density at radius 2 is 1.90 bits per heavy atom. The quantitative estimate of drug-likeness (QED) is 0.800. The summed E-state index contributed by atoms with van der Waals surface area (Å²) in [6.45, 7) is 0. The first-order valence-electron chi connectivity index (χ1n) is 5.53. The third kappa shape index (κ3) is 2.53. The molecule has 0 bridgehead atoms. The number of carbonyl (C=O) groups is 1. The van der Waals surface area contributed by atoms with Crippen molar-refractivity contribution in [2.75, 3.05) is 21.3 Å². The van der Waals surface area contributed by atoms with Gasteiger partial charge in [0.25, 0.3) is 0 Å². The highest BCUT2D eigenvalue weighted by Crippen LogP contribution is 2.34. The molecule has 0 aliphatic carbocycles. The number of benzene rings is 1. The van der Waals surface area contributed by atoms with Crippen LogP contribution >= 0.6 is 11.6 Å². The highest BCUT2D eigenvalue weighted by atomic mass is 35.5. The molecule has 0 amide bonds. The first-order chi connectivity index (χ1) is 9.60. The van der Waals surface area contributed by atoms with Crippen molar-refractivity contribution in [2.24, 2.45) is 0 Å². The molecule has 1 aromatic heterocycles. The van der Waals surface area contributed by atoms with Gasteiger partial charge in [0.1, 0.15) is 17.2 Å². The number of methoxy groups -OCH3 is 3. The number of aromatic nitrogens is 3. The molecule has 2 aromatic rings. The van der Waals surface area contributed by atoms with E-state index in [2.05, 4.69) is 15.0 Å². The zero-order valence-electron chi connectivity index (χ0n) is 11.1. The van der Waals surface area contributed by atoms with Gasteiger partial charge in [-0.05, 0) is 6.07 Å². The molecular formula is C12H12ClN3O4. The van der Waals surface area contributed by atoms with Gasteiger partial charge in [0.15, 0.2) is 5.69 Å². The Hall–Kier alpha value is -2.28. The van der Waals surface area contributed by atoms with Crippen molar-refractivity contribution in [3.8, 4) is 17.2 Å². The number of hydrogen-bond acceptors (Lipinski definition) is 6. The summed E-state index contributed by atoms with van der Waals surface area (Å²) >= 11 is 6.07. The molecule has 0 spiro atoms. The number of rotatable bonds is 4. The van der Waals surface area contributed by atoms with Crippen LogP contribution in [0.4, 0.5) is 0 Å². The lowest BCUT2D eigenvalue weighted by molar-refractivity contribution is 0.0594. The van der Waals surface area contributed by atoms with Gasteiger partial charge in [0, 0.05) is 6.07 Å². The Balaban J connectivity index is 2.49. The van der Waals surface area contributed by atoms with E-state index in [4.69, 9.17) is 21.1 Å². The Bertz CT molecular complexity index is 642. The second kappa shape index (κ2) is 5.79. The minimum Gasteiger partial charge on any atom is -0.495 e. The summed E-state index contributed by atoms with van der Waals surface area (Å²) in [5.74, 6) is 0.378. The van der Waals surface area contributed by atoms with Crippen LogP contribution in [0, 0.1) is 0 Å². The zero-order valence-corrected chi connectivity index (χ0v) is 11.8. The highest BCUT2D eigenvalue weighted by molar-refractivity contribution is 6.32. The Morgan fingerprint density at radius 1 is 1.20 bits per heavy atom. The maximum atomic E-state index is 11.4. The summed E-state index contributed by atoms with van der Waals surface area (Å²) in [4.78, 5) is 11.4. The molecule has 0 unspecified atom stereocenters. The molecule has 1 aromatic carbocycles. The smallest absolute Gasteiger partial charge is 0.360 e. The zero-order chi connectivity index (χ0) is 14.7. The van der Waals surface area contributed by atoms with Gasteiger partial charge in [-0.15, -0.1) is 5.10 Å².